The average molecular weight is 271 g/mol. The Morgan fingerprint density at radius 3 is 2.53 bits per heavy atom. The normalized spacial score (nSPS) is 18.7. The van der Waals surface area contributed by atoms with Crippen molar-refractivity contribution in [3.05, 3.63) is 29.8 Å². The summed E-state index contributed by atoms with van der Waals surface area (Å²) in [5.74, 6) is 0.397. The molecule has 1 aliphatic rings. The zero-order valence-electron chi connectivity index (χ0n) is 11.1. The lowest BCUT2D eigenvalue weighted by Gasteiger charge is -2.49. The molecule has 1 N–H and O–H groups in total. The minimum Gasteiger partial charge on any atom is -0.434 e. The average Bonchev–Trinajstić information content (AvgIpc) is 2.28. The van der Waals surface area contributed by atoms with Crippen LogP contribution in [0.3, 0.4) is 0 Å². The molecule has 2 rings (SSSR count). The highest BCUT2D eigenvalue weighted by molar-refractivity contribution is 5.33. The van der Waals surface area contributed by atoms with Crippen molar-refractivity contribution < 1.29 is 18.6 Å². The van der Waals surface area contributed by atoms with Gasteiger partial charge in [0.25, 0.3) is 0 Å². The van der Waals surface area contributed by atoms with Gasteiger partial charge in [-0.1, -0.05) is 32.0 Å². The van der Waals surface area contributed by atoms with Crippen molar-refractivity contribution >= 4 is 0 Å². The fourth-order valence-electron chi connectivity index (χ4n) is 2.29. The first kappa shape index (κ1) is 14.2. The van der Waals surface area contributed by atoms with E-state index in [1.54, 1.807) is 18.2 Å². The van der Waals surface area contributed by atoms with Crippen molar-refractivity contribution in [2.45, 2.75) is 32.6 Å². The highest BCUT2D eigenvalue weighted by Crippen LogP contribution is 2.31. The van der Waals surface area contributed by atoms with Gasteiger partial charge in [-0.05, 0) is 12.0 Å². The van der Waals surface area contributed by atoms with Crippen LogP contribution < -0.4 is 4.74 Å². The lowest BCUT2D eigenvalue weighted by Crippen LogP contribution is -2.63. The molecule has 0 amide bonds. The van der Waals surface area contributed by atoms with Crippen molar-refractivity contribution in [1.29, 1.82) is 0 Å². The molecule has 1 fully saturated rings. The summed E-state index contributed by atoms with van der Waals surface area (Å²) in [6.45, 7) is 2.78. The second-order valence-corrected chi connectivity index (χ2v) is 5.39. The Hall–Kier alpha value is -1.20. The van der Waals surface area contributed by atoms with E-state index in [9.17, 15) is 13.9 Å². The summed E-state index contributed by atoms with van der Waals surface area (Å²) < 4.78 is 29.1. The predicted octanol–water partition coefficient (Wildman–Crippen LogP) is 2.49. The number of nitrogens with zero attached hydrogens (tertiary/aromatic N) is 1. The molecule has 1 heterocycles. The summed E-state index contributed by atoms with van der Waals surface area (Å²) in [6, 6.07) is 6.77. The third-order valence-corrected chi connectivity index (χ3v) is 3.65. The molecule has 0 unspecified atom stereocenters. The molecular formula is C14H19F2NO2. The number of rotatable bonds is 5. The molecule has 0 bridgehead atoms. The molecule has 1 aromatic rings. The van der Waals surface area contributed by atoms with E-state index in [1.807, 2.05) is 18.7 Å². The topological polar surface area (TPSA) is 32.7 Å². The number of hydrogen-bond donors (Lipinski definition) is 1. The van der Waals surface area contributed by atoms with Crippen LogP contribution in [0.15, 0.2) is 24.3 Å². The van der Waals surface area contributed by atoms with Crippen LogP contribution in [0.25, 0.3) is 0 Å². The van der Waals surface area contributed by atoms with E-state index in [0.29, 0.717) is 25.2 Å². The fourth-order valence-corrected chi connectivity index (χ4v) is 2.29. The minimum absolute atomic E-state index is 0.191. The Morgan fingerprint density at radius 2 is 1.95 bits per heavy atom. The molecular weight excluding hydrogens is 252 g/mol. The van der Waals surface area contributed by atoms with Crippen molar-refractivity contribution in [2.24, 2.45) is 5.92 Å². The number of likely N-dealkylation sites (tertiary alicyclic amines) is 1. The van der Waals surface area contributed by atoms with E-state index < -0.39 is 12.2 Å². The lowest BCUT2D eigenvalue weighted by atomic mass is 9.83. The Kier molecular flexibility index (Phi) is 4.06. The van der Waals surface area contributed by atoms with E-state index in [2.05, 4.69) is 4.74 Å². The molecule has 0 aliphatic carbocycles. The summed E-state index contributed by atoms with van der Waals surface area (Å²) >= 11 is 0. The van der Waals surface area contributed by atoms with E-state index in [1.165, 1.54) is 6.07 Å². The summed E-state index contributed by atoms with van der Waals surface area (Å²) in [4.78, 5) is 2.02. The Bertz CT molecular complexity index is 431. The van der Waals surface area contributed by atoms with Gasteiger partial charge in [0.05, 0.1) is 5.60 Å². The van der Waals surface area contributed by atoms with Crippen LogP contribution >= 0.6 is 0 Å². The van der Waals surface area contributed by atoms with Crippen LogP contribution in [0.5, 0.6) is 5.75 Å². The summed E-state index contributed by atoms with van der Waals surface area (Å²) in [5, 5.41) is 10.2. The molecule has 0 aromatic heterocycles. The molecule has 106 valence electrons. The van der Waals surface area contributed by atoms with Gasteiger partial charge in [-0.25, -0.2) is 0 Å². The number of alkyl halides is 2. The third-order valence-electron chi connectivity index (χ3n) is 3.65. The molecule has 19 heavy (non-hydrogen) atoms. The van der Waals surface area contributed by atoms with Gasteiger partial charge in [0.2, 0.25) is 0 Å². The van der Waals surface area contributed by atoms with E-state index >= 15 is 0 Å². The first-order chi connectivity index (χ1) is 8.90. The fraction of sp³-hybridized carbons (Fsp3) is 0.571. The van der Waals surface area contributed by atoms with Crippen molar-refractivity contribution in [3.63, 3.8) is 0 Å². The quantitative estimate of drug-likeness (QED) is 0.893. The molecule has 0 saturated carbocycles. The summed E-state index contributed by atoms with van der Waals surface area (Å²) in [7, 11) is 0. The summed E-state index contributed by atoms with van der Waals surface area (Å²) in [5.41, 5.74) is 0.0621. The molecule has 3 nitrogen and oxygen atoms in total. The molecule has 5 heteroatoms. The van der Waals surface area contributed by atoms with Crippen LogP contribution in [-0.2, 0) is 6.54 Å². The second kappa shape index (κ2) is 5.43. The molecule has 1 saturated heterocycles. The highest BCUT2D eigenvalue weighted by Gasteiger charge is 2.43. The Labute approximate surface area is 111 Å². The number of para-hydroxylation sites is 1. The zero-order chi connectivity index (χ0) is 14.0. The van der Waals surface area contributed by atoms with Crippen LogP contribution in [0.2, 0.25) is 0 Å². The smallest absolute Gasteiger partial charge is 0.387 e. The van der Waals surface area contributed by atoms with Gasteiger partial charge in [-0.15, -0.1) is 0 Å². The predicted molar refractivity (Wildman–Crippen MR) is 68.1 cm³/mol. The van der Waals surface area contributed by atoms with E-state index in [4.69, 9.17) is 0 Å². The monoisotopic (exact) mass is 271 g/mol. The largest absolute Gasteiger partial charge is 0.434 e. The Morgan fingerprint density at radius 1 is 1.32 bits per heavy atom. The molecule has 0 atom stereocenters. The standard InChI is InChI=1S/C14H19F2NO2/c1-10(2)14(18)8-17(9-14)7-11-5-3-4-6-12(11)19-13(15)16/h3-6,10,13,18H,7-9H2,1-2H3. The summed E-state index contributed by atoms with van der Waals surface area (Å²) in [6.07, 6.45) is 0. The SMILES string of the molecule is CC(C)C1(O)CN(Cc2ccccc2OC(F)F)C1. The minimum atomic E-state index is -2.81. The van der Waals surface area contributed by atoms with Gasteiger partial charge >= 0.3 is 6.61 Å². The first-order valence-corrected chi connectivity index (χ1v) is 6.38. The van der Waals surface area contributed by atoms with Gasteiger partial charge in [0.1, 0.15) is 5.75 Å². The first-order valence-electron chi connectivity index (χ1n) is 6.38. The number of aliphatic hydroxyl groups is 1. The van der Waals surface area contributed by atoms with Crippen LogP contribution in [0.4, 0.5) is 8.78 Å². The number of β-amino-alcohol motifs (C(OH)–C–C–N with tert-alkyl or cyclic N) is 1. The number of halogens is 2. The van der Waals surface area contributed by atoms with Crippen molar-refractivity contribution in [2.75, 3.05) is 13.1 Å². The van der Waals surface area contributed by atoms with E-state index in [-0.39, 0.29) is 11.7 Å². The maximum Gasteiger partial charge on any atom is 0.387 e. The van der Waals surface area contributed by atoms with Gasteiger partial charge in [0, 0.05) is 25.2 Å². The molecule has 0 radical (unpaired) electrons. The van der Waals surface area contributed by atoms with E-state index in [0.717, 1.165) is 0 Å². The molecule has 1 aliphatic heterocycles. The van der Waals surface area contributed by atoms with Crippen molar-refractivity contribution in [1.82, 2.24) is 4.90 Å². The van der Waals surface area contributed by atoms with Gasteiger partial charge < -0.3 is 9.84 Å². The highest BCUT2D eigenvalue weighted by atomic mass is 19.3. The van der Waals surface area contributed by atoms with Gasteiger partial charge in [-0.3, -0.25) is 4.90 Å². The number of benzene rings is 1. The zero-order valence-corrected chi connectivity index (χ0v) is 11.1. The maximum absolute atomic E-state index is 12.3. The maximum atomic E-state index is 12.3. The third kappa shape index (κ3) is 3.22. The lowest BCUT2D eigenvalue weighted by molar-refractivity contribution is -0.131. The van der Waals surface area contributed by atoms with Gasteiger partial charge in [0.15, 0.2) is 0 Å². The number of hydrogen-bond acceptors (Lipinski definition) is 3. The second-order valence-electron chi connectivity index (χ2n) is 5.39. The molecule has 0 spiro atoms. The Balaban J connectivity index is 1.98. The number of ether oxygens (including phenoxy) is 1. The van der Waals surface area contributed by atoms with Gasteiger partial charge in [-0.2, -0.15) is 8.78 Å². The van der Waals surface area contributed by atoms with Crippen LogP contribution in [0, 0.1) is 5.92 Å². The molecule has 1 aromatic carbocycles. The van der Waals surface area contributed by atoms with Crippen LogP contribution in [-0.4, -0.2) is 35.3 Å². The van der Waals surface area contributed by atoms with Crippen molar-refractivity contribution in [3.8, 4) is 5.75 Å². The van der Waals surface area contributed by atoms with Crippen LogP contribution in [0.1, 0.15) is 19.4 Å².